The molecule has 0 nitrogen and oxygen atoms in total. The molecule has 2 aromatic carbocycles. The van der Waals surface area contributed by atoms with E-state index in [1.54, 1.807) is 0 Å². The van der Waals surface area contributed by atoms with Gasteiger partial charge in [0.25, 0.3) is 0 Å². The lowest BCUT2D eigenvalue weighted by Gasteiger charge is -2.08. The van der Waals surface area contributed by atoms with Crippen LogP contribution in [0.1, 0.15) is 11.1 Å². The van der Waals surface area contributed by atoms with E-state index in [1.807, 2.05) is 6.08 Å². The third-order valence-electron chi connectivity index (χ3n) is 2.73. The molecule has 0 aliphatic heterocycles. The topological polar surface area (TPSA) is 0 Å². The maximum absolute atomic E-state index is 5.41. The maximum atomic E-state index is 5.41. The lowest BCUT2D eigenvalue weighted by molar-refractivity contribution is 1.28. The number of terminal acetylenes is 1. The van der Waals surface area contributed by atoms with Gasteiger partial charge in [-0.25, -0.2) is 0 Å². The van der Waals surface area contributed by atoms with E-state index in [4.69, 9.17) is 6.42 Å². The maximum Gasteiger partial charge on any atom is 0.0343 e. The molecule has 2 rings (SSSR count). The van der Waals surface area contributed by atoms with E-state index in [0.29, 0.717) is 6.42 Å². The van der Waals surface area contributed by atoms with Gasteiger partial charge >= 0.3 is 0 Å². The summed E-state index contributed by atoms with van der Waals surface area (Å²) in [4.78, 5) is 0. The summed E-state index contributed by atoms with van der Waals surface area (Å²) in [6, 6.07) is 12.6. The summed E-state index contributed by atoms with van der Waals surface area (Å²) in [7, 11) is 0. The van der Waals surface area contributed by atoms with Gasteiger partial charge in [-0.15, -0.1) is 18.9 Å². The van der Waals surface area contributed by atoms with E-state index in [0.717, 1.165) is 6.42 Å². The van der Waals surface area contributed by atoms with Gasteiger partial charge in [-0.2, -0.15) is 0 Å². The molecule has 0 spiro atoms. The van der Waals surface area contributed by atoms with Gasteiger partial charge in [0.15, 0.2) is 0 Å². The Morgan fingerprint density at radius 3 is 2.44 bits per heavy atom. The summed E-state index contributed by atoms with van der Waals surface area (Å²) >= 11 is 0. The minimum atomic E-state index is 0.686. The Morgan fingerprint density at radius 1 is 1.12 bits per heavy atom. The van der Waals surface area contributed by atoms with Gasteiger partial charge in [-0.3, -0.25) is 0 Å². The van der Waals surface area contributed by atoms with Crippen molar-refractivity contribution in [1.29, 1.82) is 0 Å². The predicted molar refractivity (Wildman–Crippen MR) is 70.4 cm³/mol. The molecular formula is C16H14. The van der Waals surface area contributed by atoms with Crippen LogP contribution in [0.25, 0.3) is 10.8 Å². The summed E-state index contributed by atoms with van der Waals surface area (Å²) in [5.41, 5.74) is 2.54. The van der Waals surface area contributed by atoms with Crippen LogP contribution < -0.4 is 0 Å². The number of fused-ring (bicyclic) bond motifs is 1. The van der Waals surface area contributed by atoms with Crippen LogP contribution in [0, 0.1) is 12.3 Å². The van der Waals surface area contributed by atoms with E-state index in [1.165, 1.54) is 21.9 Å². The van der Waals surface area contributed by atoms with Crippen molar-refractivity contribution in [2.45, 2.75) is 12.8 Å². The van der Waals surface area contributed by atoms with E-state index in [2.05, 4.69) is 48.9 Å². The van der Waals surface area contributed by atoms with Crippen molar-refractivity contribution >= 4 is 10.8 Å². The second-order valence-corrected chi connectivity index (χ2v) is 3.81. The molecule has 0 N–H and O–H groups in total. The van der Waals surface area contributed by atoms with Crippen LogP contribution in [0.5, 0.6) is 0 Å². The number of rotatable bonds is 3. The van der Waals surface area contributed by atoms with Crippen LogP contribution >= 0.6 is 0 Å². The minimum Gasteiger partial charge on any atom is -0.120 e. The SMILES string of the molecule is C#CCc1cccc2cccc(CC=C)c12. The zero-order chi connectivity index (χ0) is 11.4. The fraction of sp³-hybridized carbons (Fsp3) is 0.125. The van der Waals surface area contributed by atoms with Gasteiger partial charge in [0, 0.05) is 6.42 Å². The Balaban J connectivity index is 2.71. The molecule has 0 fully saturated rings. The normalized spacial score (nSPS) is 9.94. The molecule has 0 aliphatic rings. The number of hydrogen-bond acceptors (Lipinski definition) is 0. The van der Waals surface area contributed by atoms with E-state index >= 15 is 0 Å². The Labute approximate surface area is 96.6 Å². The summed E-state index contributed by atoms with van der Waals surface area (Å²) < 4.78 is 0. The minimum absolute atomic E-state index is 0.686. The first kappa shape index (κ1) is 10.5. The molecule has 78 valence electrons. The van der Waals surface area contributed by atoms with Gasteiger partial charge in [-0.1, -0.05) is 42.5 Å². The Bertz CT molecular complexity index is 551. The molecule has 0 saturated carbocycles. The number of allylic oxidation sites excluding steroid dienone is 1. The van der Waals surface area contributed by atoms with Crippen LogP contribution in [0.2, 0.25) is 0 Å². The van der Waals surface area contributed by atoms with Crippen LogP contribution in [0.15, 0.2) is 49.1 Å². The van der Waals surface area contributed by atoms with E-state index < -0.39 is 0 Å². The highest BCUT2D eigenvalue weighted by Crippen LogP contribution is 2.24. The average molecular weight is 206 g/mol. The standard InChI is InChI=1S/C16H14/c1-3-7-13-9-5-11-15-12-6-10-14(8-4-2)16(13)15/h1,4-6,9-12H,2,7-8H2. The first-order valence-corrected chi connectivity index (χ1v) is 5.40. The van der Waals surface area contributed by atoms with Crippen molar-refractivity contribution in [3.05, 3.63) is 60.2 Å². The first-order chi connectivity index (χ1) is 7.86. The highest BCUT2D eigenvalue weighted by molar-refractivity contribution is 5.89. The molecule has 0 heterocycles. The van der Waals surface area contributed by atoms with Gasteiger partial charge in [0.2, 0.25) is 0 Å². The summed E-state index contributed by atoms with van der Waals surface area (Å²) in [5.74, 6) is 2.72. The highest BCUT2D eigenvalue weighted by atomic mass is 14.1. The first-order valence-electron chi connectivity index (χ1n) is 5.40. The second kappa shape index (κ2) is 4.68. The van der Waals surface area contributed by atoms with Crippen molar-refractivity contribution in [2.24, 2.45) is 0 Å². The molecule has 0 heteroatoms. The molecule has 0 aliphatic carbocycles. The van der Waals surface area contributed by atoms with Crippen LogP contribution in [0.4, 0.5) is 0 Å². The van der Waals surface area contributed by atoms with Crippen molar-refractivity contribution in [1.82, 2.24) is 0 Å². The summed E-state index contributed by atoms with van der Waals surface area (Å²) in [6.07, 6.45) is 8.91. The summed E-state index contributed by atoms with van der Waals surface area (Å²) in [6.45, 7) is 3.80. The van der Waals surface area contributed by atoms with Crippen LogP contribution in [-0.2, 0) is 12.8 Å². The Morgan fingerprint density at radius 2 is 1.81 bits per heavy atom. The van der Waals surface area contributed by atoms with Gasteiger partial charge in [-0.05, 0) is 28.3 Å². The van der Waals surface area contributed by atoms with Gasteiger partial charge in [0.1, 0.15) is 0 Å². The molecule has 0 radical (unpaired) electrons. The number of benzene rings is 2. The highest BCUT2D eigenvalue weighted by Gasteiger charge is 2.03. The fourth-order valence-electron chi connectivity index (χ4n) is 2.08. The molecular weight excluding hydrogens is 192 g/mol. The van der Waals surface area contributed by atoms with Crippen molar-refractivity contribution in [2.75, 3.05) is 0 Å². The van der Waals surface area contributed by atoms with Crippen molar-refractivity contribution in [3.63, 3.8) is 0 Å². The number of hydrogen-bond donors (Lipinski definition) is 0. The largest absolute Gasteiger partial charge is 0.120 e. The lowest BCUT2D eigenvalue weighted by atomic mass is 9.96. The zero-order valence-corrected chi connectivity index (χ0v) is 9.24. The molecule has 0 aromatic heterocycles. The van der Waals surface area contributed by atoms with Crippen molar-refractivity contribution < 1.29 is 0 Å². The smallest absolute Gasteiger partial charge is 0.0343 e. The molecule has 0 amide bonds. The van der Waals surface area contributed by atoms with Crippen LogP contribution in [-0.4, -0.2) is 0 Å². The molecule has 0 unspecified atom stereocenters. The molecule has 0 bridgehead atoms. The predicted octanol–water partition coefficient (Wildman–Crippen LogP) is 3.74. The van der Waals surface area contributed by atoms with E-state index in [9.17, 15) is 0 Å². The molecule has 0 atom stereocenters. The Kier molecular flexibility index (Phi) is 3.08. The third kappa shape index (κ3) is 1.85. The van der Waals surface area contributed by atoms with Gasteiger partial charge in [0.05, 0.1) is 0 Å². The fourth-order valence-corrected chi connectivity index (χ4v) is 2.08. The summed E-state index contributed by atoms with van der Waals surface area (Å²) in [5, 5.41) is 2.55. The van der Waals surface area contributed by atoms with Crippen molar-refractivity contribution in [3.8, 4) is 12.3 Å². The molecule has 2 aromatic rings. The lowest BCUT2D eigenvalue weighted by Crippen LogP contribution is -1.90. The monoisotopic (exact) mass is 206 g/mol. The van der Waals surface area contributed by atoms with Gasteiger partial charge < -0.3 is 0 Å². The Hall–Kier alpha value is -2.00. The zero-order valence-electron chi connectivity index (χ0n) is 9.24. The quantitative estimate of drug-likeness (QED) is 0.530. The van der Waals surface area contributed by atoms with Crippen LogP contribution in [0.3, 0.4) is 0 Å². The second-order valence-electron chi connectivity index (χ2n) is 3.81. The average Bonchev–Trinajstić information content (AvgIpc) is 2.30. The molecule has 0 saturated heterocycles. The van der Waals surface area contributed by atoms with E-state index in [-0.39, 0.29) is 0 Å². The third-order valence-corrected chi connectivity index (χ3v) is 2.73. The molecule has 16 heavy (non-hydrogen) atoms.